The average Bonchev–Trinajstić information content (AvgIpc) is 4.03. The Hall–Kier alpha value is -7.82. The van der Waals surface area contributed by atoms with Crippen molar-refractivity contribution >= 4 is 82.6 Å². The zero-order valence-electron chi connectivity index (χ0n) is 33.8. The minimum atomic E-state index is -0.139. The molecule has 0 atom stereocenters. The molecule has 0 saturated heterocycles. The van der Waals surface area contributed by atoms with Crippen LogP contribution in [0.1, 0.15) is 25.0 Å². The number of hydrogen-bond donors (Lipinski definition) is 0. The summed E-state index contributed by atoms with van der Waals surface area (Å²) >= 11 is 0. The maximum atomic E-state index is 7.55. The fraction of sp³-hybridized carbons (Fsp3) is 0.0526. The first-order valence-electron chi connectivity index (χ1n) is 21.1. The lowest BCUT2D eigenvalue weighted by Gasteiger charge is -2.26. The van der Waals surface area contributed by atoms with Crippen LogP contribution in [-0.2, 0) is 5.41 Å². The van der Waals surface area contributed by atoms with Crippen molar-refractivity contribution in [2.75, 3.05) is 4.90 Å². The summed E-state index contributed by atoms with van der Waals surface area (Å²) in [5, 5.41) is 6.71. The normalized spacial score (nSPS) is 13.2. The van der Waals surface area contributed by atoms with Crippen molar-refractivity contribution in [2.45, 2.75) is 19.3 Å². The van der Waals surface area contributed by atoms with Gasteiger partial charge in [0.05, 0.1) is 43.9 Å². The predicted molar refractivity (Wildman–Crippen MR) is 255 cm³/mol. The van der Waals surface area contributed by atoms with Crippen LogP contribution in [0.15, 0.2) is 205 Å². The lowest BCUT2D eigenvalue weighted by Crippen LogP contribution is -2.15. The van der Waals surface area contributed by atoms with Crippen LogP contribution in [0.25, 0.3) is 88.1 Å². The molecule has 0 N–H and O–H groups in total. The first-order valence-corrected chi connectivity index (χ1v) is 21.1. The quantitative estimate of drug-likeness (QED) is 0.174. The molecule has 4 heteroatoms. The van der Waals surface area contributed by atoms with Crippen molar-refractivity contribution in [2.24, 2.45) is 0 Å². The molecule has 0 spiro atoms. The molecule has 0 amide bonds. The van der Waals surface area contributed by atoms with Crippen LogP contribution in [0.4, 0.5) is 17.1 Å². The maximum absolute atomic E-state index is 7.55. The van der Waals surface area contributed by atoms with Crippen molar-refractivity contribution in [1.29, 1.82) is 0 Å². The largest absolute Gasteiger partial charge is 0.454 e. The van der Waals surface area contributed by atoms with Crippen LogP contribution in [0, 0.1) is 0 Å². The number of benzene rings is 9. The van der Waals surface area contributed by atoms with Gasteiger partial charge in [-0.2, -0.15) is 0 Å². The Morgan fingerprint density at radius 3 is 1.64 bits per heavy atom. The summed E-state index contributed by atoms with van der Waals surface area (Å²) < 4.78 is 12.4. The van der Waals surface area contributed by atoms with E-state index in [0.29, 0.717) is 0 Å². The van der Waals surface area contributed by atoms with Crippen LogP contribution in [0.3, 0.4) is 0 Å². The number of para-hydroxylation sites is 5. The second kappa shape index (κ2) is 12.6. The summed E-state index contributed by atoms with van der Waals surface area (Å²) in [5.74, 6) is 0. The molecule has 0 bridgehead atoms. The van der Waals surface area contributed by atoms with Gasteiger partial charge in [-0.25, -0.2) is 0 Å². The Morgan fingerprint density at radius 1 is 0.393 bits per heavy atom. The molecule has 61 heavy (non-hydrogen) atoms. The highest BCUT2D eigenvalue weighted by atomic mass is 16.3. The first kappa shape index (κ1) is 34.1. The minimum Gasteiger partial charge on any atom is -0.454 e. The van der Waals surface area contributed by atoms with Gasteiger partial charge < -0.3 is 18.5 Å². The number of furan rings is 1. The Balaban J connectivity index is 1.20. The van der Waals surface area contributed by atoms with Gasteiger partial charge in [0.2, 0.25) is 0 Å². The Bertz CT molecular complexity index is 3680. The molecule has 12 aromatic rings. The molecule has 3 aromatic heterocycles. The first-order chi connectivity index (χ1) is 30.1. The smallest absolute Gasteiger partial charge is 0.147 e. The lowest BCUT2D eigenvalue weighted by atomic mass is 9.82. The molecule has 0 fully saturated rings. The molecule has 0 saturated carbocycles. The van der Waals surface area contributed by atoms with E-state index in [9.17, 15) is 0 Å². The molecule has 0 radical (unpaired) electrons. The van der Waals surface area contributed by atoms with E-state index >= 15 is 0 Å². The second-order valence-corrected chi connectivity index (χ2v) is 16.9. The summed E-state index contributed by atoms with van der Waals surface area (Å²) in [4.78, 5) is 2.40. The van der Waals surface area contributed by atoms with Crippen molar-refractivity contribution in [3.63, 3.8) is 0 Å². The van der Waals surface area contributed by atoms with Gasteiger partial charge in [-0.3, -0.25) is 0 Å². The van der Waals surface area contributed by atoms with E-state index in [1.807, 2.05) is 0 Å². The van der Waals surface area contributed by atoms with E-state index in [-0.39, 0.29) is 5.41 Å². The summed E-state index contributed by atoms with van der Waals surface area (Å²) in [6, 6.07) is 72.6. The zero-order chi connectivity index (χ0) is 40.4. The Labute approximate surface area is 352 Å². The summed E-state index contributed by atoms with van der Waals surface area (Å²) in [5.41, 5.74) is 16.9. The van der Waals surface area contributed by atoms with Gasteiger partial charge >= 0.3 is 0 Å². The van der Waals surface area contributed by atoms with Crippen molar-refractivity contribution in [3.8, 4) is 22.5 Å². The third kappa shape index (κ3) is 4.70. The molecule has 1 aliphatic rings. The number of hydrogen-bond acceptors (Lipinski definition) is 2. The van der Waals surface area contributed by atoms with Gasteiger partial charge in [-0.15, -0.1) is 0 Å². The SMILES string of the molecule is CC1(C)c2ccccc2-c2ccc(-n3c4ccccc4c4c5oc6c(ccc7c6c6ccccc6n7-c6ccccc6)c5c(N(c5ccccc5)c5ccccc5)cc43)cc21. The number of fused-ring (bicyclic) bond motifs is 14. The monoisotopic (exact) mass is 781 g/mol. The molecule has 4 nitrogen and oxygen atoms in total. The topological polar surface area (TPSA) is 26.2 Å². The number of anilines is 3. The highest BCUT2D eigenvalue weighted by Crippen LogP contribution is 2.52. The van der Waals surface area contributed by atoms with Crippen LogP contribution in [0.2, 0.25) is 0 Å². The third-order valence-corrected chi connectivity index (χ3v) is 13.3. The fourth-order valence-electron chi connectivity index (χ4n) is 10.6. The van der Waals surface area contributed by atoms with Crippen molar-refractivity contribution in [3.05, 3.63) is 211 Å². The Morgan fingerprint density at radius 2 is 0.951 bits per heavy atom. The van der Waals surface area contributed by atoms with Crippen molar-refractivity contribution in [1.82, 2.24) is 9.13 Å². The van der Waals surface area contributed by atoms with E-state index in [2.05, 4.69) is 228 Å². The highest BCUT2D eigenvalue weighted by molar-refractivity contribution is 6.32. The Kier molecular flexibility index (Phi) is 7.04. The van der Waals surface area contributed by atoms with Gasteiger partial charge in [0.15, 0.2) is 0 Å². The molecule has 9 aromatic carbocycles. The van der Waals surface area contributed by atoms with E-state index in [4.69, 9.17) is 4.42 Å². The predicted octanol–water partition coefficient (Wildman–Crippen LogP) is 15.6. The van der Waals surface area contributed by atoms with E-state index in [1.165, 1.54) is 22.3 Å². The van der Waals surface area contributed by atoms with E-state index in [1.54, 1.807) is 0 Å². The third-order valence-electron chi connectivity index (χ3n) is 13.3. The molecule has 3 heterocycles. The highest BCUT2D eigenvalue weighted by Gasteiger charge is 2.36. The average molecular weight is 782 g/mol. The molecule has 288 valence electrons. The maximum Gasteiger partial charge on any atom is 0.147 e. The van der Waals surface area contributed by atoms with Gasteiger partial charge in [0, 0.05) is 44.3 Å². The minimum absolute atomic E-state index is 0.139. The lowest BCUT2D eigenvalue weighted by molar-refractivity contribution is 0.660. The van der Waals surface area contributed by atoms with Gasteiger partial charge in [0.25, 0.3) is 0 Å². The summed E-state index contributed by atoms with van der Waals surface area (Å²) in [6.07, 6.45) is 0. The standard InChI is InChI=1S/C57H39N3O/c1-57(2)45-27-15-12-24-40(45)41-31-30-39(34-46(41)57)60-48-29-17-14-26-43(48)53-51(60)35-50(58(36-18-6-3-7-19-36)37-20-8-4-9-21-37)54-44-32-33-49-52(55(44)61-56(53)54)42-25-13-16-28-47(42)59(49)38-22-10-5-11-23-38/h3-35H,1-2H3. The van der Waals surface area contributed by atoms with Gasteiger partial charge in [0.1, 0.15) is 11.2 Å². The van der Waals surface area contributed by atoms with Crippen LogP contribution >= 0.6 is 0 Å². The molecule has 0 unspecified atom stereocenters. The second-order valence-electron chi connectivity index (χ2n) is 16.9. The van der Waals surface area contributed by atoms with Crippen LogP contribution in [0.5, 0.6) is 0 Å². The van der Waals surface area contributed by atoms with Gasteiger partial charge in [-0.1, -0.05) is 135 Å². The molecule has 0 aliphatic heterocycles. The van der Waals surface area contributed by atoms with Crippen molar-refractivity contribution < 1.29 is 4.42 Å². The van der Waals surface area contributed by atoms with Crippen LogP contribution < -0.4 is 4.90 Å². The van der Waals surface area contributed by atoms with Crippen LogP contribution in [-0.4, -0.2) is 9.13 Å². The van der Waals surface area contributed by atoms with Gasteiger partial charge in [-0.05, 0) is 101 Å². The summed E-state index contributed by atoms with van der Waals surface area (Å²) in [6.45, 7) is 4.72. The summed E-state index contributed by atoms with van der Waals surface area (Å²) in [7, 11) is 0. The molecular formula is C57H39N3O. The molecule has 13 rings (SSSR count). The fourth-order valence-corrected chi connectivity index (χ4v) is 10.6. The number of rotatable bonds is 5. The van der Waals surface area contributed by atoms with E-state index in [0.717, 1.165) is 94.0 Å². The number of aromatic nitrogens is 2. The molecule has 1 aliphatic carbocycles. The van der Waals surface area contributed by atoms with E-state index < -0.39 is 0 Å². The molecular weight excluding hydrogens is 743 g/mol. The number of nitrogens with zero attached hydrogens (tertiary/aromatic N) is 3. The zero-order valence-corrected chi connectivity index (χ0v) is 33.8.